The first-order valence-electron chi connectivity index (χ1n) is 6.60. The highest BCUT2D eigenvalue weighted by Gasteiger charge is 2.09. The van der Waals surface area contributed by atoms with E-state index >= 15 is 0 Å². The molecule has 0 atom stereocenters. The largest absolute Gasteiger partial charge is 0.349 e. The third kappa shape index (κ3) is 4.04. The quantitative estimate of drug-likeness (QED) is 0.674. The van der Waals surface area contributed by atoms with E-state index in [1.54, 1.807) is 13.4 Å². The fourth-order valence-electron chi connectivity index (χ4n) is 1.97. The Bertz CT molecular complexity index is 621. The van der Waals surface area contributed by atoms with Gasteiger partial charge in [-0.2, -0.15) is 0 Å². The van der Waals surface area contributed by atoms with Gasteiger partial charge in [-0.3, -0.25) is 4.99 Å². The van der Waals surface area contributed by atoms with Crippen molar-refractivity contribution in [3.05, 3.63) is 46.5 Å². The van der Waals surface area contributed by atoms with Crippen molar-refractivity contribution in [2.24, 2.45) is 12.0 Å². The molecule has 1 heterocycles. The lowest BCUT2D eigenvalue weighted by Crippen LogP contribution is -2.38. The van der Waals surface area contributed by atoms with Gasteiger partial charge in [0.05, 0.1) is 6.54 Å². The summed E-state index contributed by atoms with van der Waals surface area (Å²) >= 11 is 3.57. The molecule has 0 aliphatic carbocycles. The molecule has 0 unspecified atom stereocenters. The fraction of sp³-hybridized carbons (Fsp3) is 0.357. The Labute approximate surface area is 133 Å². The van der Waals surface area contributed by atoms with Gasteiger partial charge in [0.1, 0.15) is 6.33 Å². The second kappa shape index (κ2) is 7.21. The summed E-state index contributed by atoms with van der Waals surface area (Å²) in [5, 5.41) is 11.2. The molecule has 0 saturated heterocycles. The van der Waals surface area contributed by atoms with E-state index in [2.05, 4.69) is 47.4 Å². The number of hydrogen-bond donors (Lipinski definition) is 1. The van der Waals surface area contributed by atoms with Crippen molar-refractivity contribution in [3.63, 3.8) is 0 Å². The Kier molecular flexibility index (Phi) is 5.32. The summed E-state index contributed by atoms with van der Waals surface area (Å²) in [5.74, 6) is 1.68. The van der Waals surface area contributed by atoms with E-state index in [9.17, 15) is 0 Å². The number of guanidine groups is 1. The molecule has 0 aliphatic rings. The average molecular weight is 351 g/mol. The lowest BCUT2D eigenvalue weighted by atomic mass is 10.2. The Morgan fingerprint density at radius 3 is 2.81 bits per heavy atom. The number of halogens is 1. The smallest absolute Gasteiger partial charge is 0.194 e. The van der Waals surface area contributed by atoms with E-state index in [4.69, 9.17) is 0 Å². The maximum absolute atomic E-state index is 4.30. The molecule has 1 aromatic heterocycles. The van der Waals surface area contributed by atoms with Crippen molar-refractivity contribution in [2.45, 2.75) is 13.1 Å². The minimum absolute atomic E-state index is 0.587. The molecular weight excluding hydrogens is 332 g/mol. The highest BCUT2D eigenvalue weighted by atomic mass is 79.9. The van der Waals surface area contributed by atoms with Crippen molar-refractivity contribution >= 4 is 21.9 Å². The number of aromatic nitrogens is 3. The zero-order valence-corrected chi connectivity index (χ0v) is 14.0. The molecule has 0 radical (unpaired) electrons. The molecule has 0 aliphatic heterocycles. The maximum atomic E-state index is 4.30. The summed E-state index contributed by atoms with van der Waals surface area (Å²) in [6.07, 6.45) is 1.69. The lowest BCUT2D eigenvalue weighted by Gasteiger charge is -2.22. The Morgan fingerprint density at radius 1 is 1.43 bits per heavy atom. The first-order chi connectivity index (χ1) is 10.1. The van der Waals surface area contributed by atoms with E-state index in [-0.39, 0.29) is 0 Å². The summed E-state index contributed by atoms with van der Waals surface area (Å²) in [4.78, 5) is 6.37. The van der Waals surface area contributed by atoms with E-state index in [1.165, 1.54) is 5.56 Å². The lowest BCUT2D eigenvalue weighted by molar-refractivity contribution is 0.473. The van der Waals surface area contributed by atoms with E-state index < -0.39 is 0 Å². The van der Waals surface area contributed by atoms with Gasteiger partial charge in [-0.25, -0.2) is 0 Å². The zero-order valence-electron chi connectivity index (χ0n) is 12.4. The van der Waals surface area contributed by atoms with Gasteiger partial charge >= 0.3 is 0 Å². The first-order valence-corrected chi connectivity index (χ1v) is 7.39. The SMILES string of the molecule is CN=C(NCc1nncn1C)N(C)Cc1ccccc1Br. The van der Waals surface area contributed by atoms with Crippen LogP contribution in [0.2, 0.25) is 0 Å². The van der Waals surface area contributed by atoms with Gasteiger partial charge in [0.2, 0.25) is 0 Å². The van der Waals surface area contributed by atoms with Gasteiger partial charge in [-0.05, 0) is 11.6 Å². The van der Waals surface area contributed by atoms with Crippen LogP contribution in [0.5, 0.6) is 0 Å². The van der Waals surface area contributed by atoms with Crippen LogP contribution in [-0.2, 0) is 20.1 Å². The van der Waals surface area contributed by atoms with Crippen LogP contribution >= 0.6 is 15.9 Å². The molecular formula is C14H19BrN6. The molecule has 0 fully saturated rings. The summed E-state index contributed by atoms with van der Waals surface area (Å²) in [6, 6.07) is 8.17. The number of aliphatic imine (C=N–C) groups is 1. The number of hydrogen-bond acceptors (Lipinski definition) is 3. The van der Waals surface area contributed by atoms with Crippen molar-refractivity contribution in [1.82, 2.24) is 25.0 Å². The number of aryl methyl sites for hydroxylation is 1. The maximum Gasteiger partial charge on any atom is 0.194 e. The summed E-state index contributed by atoms with van der Waals surface area (Å²) in [6.45, 7) is 1.35. The minimum Gasteiger partial charge on any atom is -0.349 e. The summed E-state index contributed by atoms with van der Waals surface area (Å²) < 4.78 is 2.98. The predicted molar refractivity (Wildman–Crippen MR) is 86.8 cm³/mol. The second-order valence-electron chi connectivity index (χ2n) is 4.71. The molecule has 1 N–H and O–H groups in total. The molecule has 0 bridgehead atoms. The molecule has 0 amide bonds. The van der Waals surface area contributed by atoms with Crippen LogP contribution in [0.4, 0.5) is 0 Å². The van der Waals surface area contributed by atoms with Crippen molar-refractivity contribution in [1.29, 1.82) is 0 Å². The van der Waals surface area contributed by atoms with Crippen molar-refractivity contribution in [3.8, 4) is 0 Å². The molecule has 0 saturated carbocycles. The monoisotopic (exact) mass is 350 g/mol. The Balaban J connectivity index is 1.98. The van der Waals surface area contributed by atoms with Crippen LogP contribution in [0.25, 0.3) is 0 Å². The first kappa shape index (κ1) is 15.5. The molecule has 2 aromatic rings. The van der Waals surface area contributed by atoms with Crippen LogP contribution in [0.15, 0.2) is 40.1 Å². The van der Waals surface area contributed by atoms with Crippen LogP contribution < -0.4 is 5.32 Å². The van der Waals surface area contributed by atoms with Crippen LogP contribution in [0, 0.1) is 0 Å². The standard InChI is InChI=1S/C14H19BrN6/c1-16-14(17-8-13-19-18-10-21(13)3)20(2)9-11-6-4-5-7-12(11)15/h4-7,10H,8-9H2,1-3H3,(H,16,17). The molecule has 0 spiro atoms. The zero-order chi connectivity index (χ0) is 15.2. The van der Waals surface area contributed by atoms with Gasteiger partial charge in [-0.15, -0.1) is 10.2 Å². The number of nitrogens with zero attached hydrogens (tertiary/aromatic N) is 5. The summed E-state index contributed by atoms with van der Waals surface area (Å²) in [5.41, 5.74) is 1.21. The average Bonchev–Trinajstić information content (AvgIpc) is 2.88. The number of nitrogens with one attached hydrogen (secondary N) is 1. The highest BCUT2D eigenvalue weighted by molar-refractivity contribution is 9.10. The van der Waals surface area contributed by atoms with Crippen molar-refractivity contribution < 1.29 is 0 Å². The Morgan fingerprint density at radius 2 is 2.19 bits per heavy atom. The normalized spacial score (nSPS) is 11.5. The molecule has 6 nitrogen and oxygen atoms in total. The van der Waals surface area contributed by atoms with E-state index in [1.807, 2.05) is 36.9 Å². The third-order valence-electron chi connectivity index (χ3n) is 3.15. The molecule has 21 heavy (non-hydrogen) atoms. The fourth-order valence-corrected chi connectivity index (χ4v) is 2.38. The Hall–Kier alpha value is -1.89. The van der Waals surface area contributed by atoms with Crippen molar-refractivity contribution in [2.75, 3.05) is 14.1 Å². The van der Waals surface area contributed by atoms with Crippen LogP contribution in [0.1, 0.15) is 11.4 Å². The van der Waals surface area contributed by atoms with Gasteiger partial charge in [0.15, 0.2) is 11.8 Å². The topological polar surface area (TPSA) is 58.3 Å². The van der Waals surface area contributed by atoms with Gasteiger partial charge < -0.3 is 14.8 Å². The molecule has 112 valence electrons. The van der Waals surface area contributed by atoms with Gasteiger partial charge in [-0.1, -0.05) is 34.1 Å². The summed E-state index contributed by atoms with van der Waals surface area (Å²) in [7, 11) is 5.70. The van der Waals surface area contributed by atoms with E-state index in [0.29, 0.717) is 6.54 Å². The number of benzene rings is 1. The molecule has 1 aromatic carbocycles. The third-order valence-corrected chi connectivity index (χ3v) is 3.92. The van der Waals surface area contributed by atoms with Gasteiger partial charge in [0.25, 0.3) is 0 Å². The minimum atomic E-state index is 0.587. The highest BCUT2D eigenvalue weighted by Crippen LogP contribution is 2.17. The van der Waals surface area contributed by atoms with Gasteiger partial charge in [0, 0.05) is 32.2 Å². The predicted octanol–water partition coefficient (Wildman–Crippen LogP) is 1.78. The molecule has 2 rings (SSSR count). The van der Waals surface area contributed by atoms with Crippen LogP contribution in [0.3, 0.4) is 0 Å². The number of rotatable bonds is 4. The second-order valence-corrected chi connectivity index (χ2v) is 5.56. The molecule has 7 heteroatoms. The van der Waals surface area contributed by atoms with E-state index in [0.717, 1.165) is 22.8 Å². The van der Waals surface area contributed by atoms with Crippen LogP contribution in [-0.4, -0.2) is 39.7 Å².